The molecule has 0 saturated heterocycles. The molecule has 3 rings (SSSR count). The van der Waals surface area contributed by atoms with Crippen LogP contribution in [0.1, 0.15) is 28.5 Å². The van der Waals surface area contributed by atoms with Crippen LogP contribution in [0.3, 0.4) is 0 Å². The molecule has 1 aromatic heterocycles. The number of halogens is 1. The van der Waals surface area contributed by atoms with Crippen LogP contribution in [-0.2, 0) is 16.4 Å². The van der Waals surface area contributed by atoms with Crippen LogP contribution in [0.4, 0.5) is 0 Å². The van der Waals surface area contributed by atoms with Crippen LogP contribution in [0.5, 0.6) is 0 Å². The number of aryl methyl sites for hydroxylation is 2. The number of nitrogens with one attached hydrogen (secondary N) is 2. The molecule has 0 spiro atoms. The van der Waals surface area contributed by atoms with Crippen LogP contribution in [-0.4, -0.2) is 19.3 Å². The molecule has 0 saturated carbocycles. The first-order valence-electron chi connectivity index (χ1n) is 7.75. The number of rotatable bonds is 4. The lowest BCUT2D eigenvalue weighted by Gasteiger charge is -2.07. The van der Waals surface area contributed by atoms with Gasteiger partial charge in [0.25, 0.3) is 15.9 Å². The molecule has 0 aliphatic heterocycles. The second kappa shape index (κ2) is 6.54. The first-order valence-corrected chi connectivity index (χ1v) is 9.62. The van der Waals surface area contributed by atoms with Crippen molar-refractivity contribution in [3.63, 3.8) is 0 Å². The molecule has 0 aliphatic carbocycles. The van der Waals surface area contributed by atoms with E-state index in [1.165, 1.54) is 24.3 Å². The molecule has 0 fully saturated rings. The molecule has 5 nitrogen and oxygen atoms in total. The number of hydrogen-bond donors (Lipinski definition) is 2. The number of H-pyrrole nitrogens is 1. The van der Waals surface area contributed by atoms with Gasteiger partial charge >= 0.3 is 0 Å². The van der Waals surface area contributed by atoms with Gasteiger partial charge in [-0.2, -0.15) is 0 Å². The third kappa shape index (κ3) is 3.41. The molecule has 0 atom stereocenters. The Morgan fingerprint density at radius 3 is 2.48 bits per heavy atom. The Bertz CT molecular complexity index is 1050. The Kier molecular flexibility index (Phi) is 4.58. The summed E-state index contributed by atoms with van der Waals surface area (Å²) < 4.78 is 26.8. The number of sulfonamides is 1. The van der Waals surface area contributed by atoms with Crippen molar-refractivity contribution in [2.75, 3.05) is 0 Å². The van der Waals surface area contributed by atoms with Crippen LogP contribution in [0.25, 0.3) is 10.9 Å². The van der Waals surface area contributed by atoms with E-state index in [1.807, 2.05) is 13.8 Å². The van der Waals surface area contributed by atoms with E-state index in [0.717, 1.165) is 28.6 Å². The fraction of sp³-hybridized carbons (Fsp3) is 0.167. The van der Waals surface area contributed by atoms with Crippen molar-refractivity contribution in [1.82, 2.24) is 9.71 Å². The number of benzene rings is 2. The van der Waals surface area contributed by atoms with E-state index in [9.17, 15) is 13.2 Å². The molecular weight excluding hydrogens is 360 g/mol. The van der Waals surface area contributed by atoms with Gasteiger partial charge < -0.3 is 4.98 Å². The number of carbonyl (C=O) groups excluding carboxylic acids is 1. The number of amides is 1. The fourth-order valence-corrected chi connectivity index (χ4v) is 3.93. The quantitative estimate of drug-likeness (QED) is 0.726. The molecule has 0 aliphatic rings. The highest BCUT2D eigenvalue weighted by atomic mass is 35.5. The Balaban J connectivity index is 1.93. The molecule has 3 aromatic rings. The average molecular weight is 377 g/mol. The Labute approximate surface area is 151 Å². The highest BCUT2D eigenvalue weighted by molar-refractivity contribution is 7.90. The first kappa shape index (κ1) is 17.5. The van der Waals surface area contributed by atoms with Crippen molar-refractivity contribution >= 4 is 38.4 Å². The predicted octanol–water partition coefficient (Wildman–Crippen LogP) is 3.81. The van der Waals surface area contributed by atoms with Crippen molar-refractivity contribution in [3.05, 3.63) is 64.3 Å². The van der Waals surface area contributed by atoms with E-state index in [1.54, 1.807) is 18.2 Å². The molecule has 2 aromatic carbocycles. The molecule has 130 valence electrons. The summed E-state index contributed by atoms with van der Waals surface area (Å²) in [6.45, 7) is 4.01. The van der Waals surface area contributed by atoms with E-state index in [2.05, 4.69) is 9.71 Å². The number of carbonyl (C=O) groups is 1. The smallest absolute Gasteiger partial charge is 0.265 e. The minimum atomic E-state index is -3.95. The SMILES string of the molecule is CCc1c(C)[nH]c2ccc(C(=O)NS(=O)(=O)c3ccc(Cl)cc3)cc12. The van der Waals surface area contributed by atoms with Crippen LogP contribution < -0.4 is 4.72 Å². The minimum Gasteiger partial charge on any atom is -0.358 e. The number of aromatic amines is 1. The molecule has 0 radical (unpaired) electrons. The standard InChI is InChI=1S/C18H17ClN2O3S/c1-3-15-11(2)20-17-9-4-12(10-16(15)17)18(22)21-25(23,24)14-7-5-13(19)6-8-14/h4-10,20H,3H2,1-2H3,(H,21,22). The maximum atomic E-state index is 12.4. The van der Waals surface area contributed by atoms with Gasteiger partial charge in [0, 0.05) is 27.2 Å². The third-order valence-electron chi connectivity index (χ3n) is 4.09. The van der Waals surface area contributed by atoms with Crippen molar-refractivity contribution in [2.45, 2.75) is 25.2 Å². The van der Waals surface area contributed by atoms with Gasteiger partial charge in [-0.15, -0.1) is 0 Å². The second-order valence-electron chi connectivity index (χ2n) is 5.73. The second-order valence-corrected chi connectivity index (χ2v) is 7.85. The molecular formula is C18H17ClN2O3S. The minimum absolute atomic E-state index is 0.0157. The summed E-state index contributed by atoms with van der Waals surface area (Å²) in [5, 5.41) is 1.35. The van der Waals surface area contributed by atoms with E-state index < -0.39 is 15.9 Å². The van der Waals surface area contributed by atoms with Gasteiger partial charge in [-0.3, -0.25) is 4.79 Å². The zero-order valence-corrected chi connectivity index (χ0v) is 15.3. The van der Waals surface area contributed by atoms with Crippen LogP contribution in [0, 0.1) is 6.92 Å². The highest BCUT2D eigenvalue weighted by Gasteiger charge is 2.19. The summed E-state index contributed by atoms with van der Waals surface area (Å²) in [5.41, 5.74) is 3.37. The van der Waals surface area contributed by atoms with E-state index in [0.29, 0.717) is 10.6 Å². The fourth-order valence-electron chi connectivity index (χ4n) is 2.83. The van der Waals surface area contributed by atoms with Gasteiger partial charge in [0.05, 0.1) is 4.90 Å². The lowest BCUT2D eigenvalue weighted by atomic mass is 10.1. The first-order chi connectivity index (χ1) is 11.8. The van der Waals surface area contributed by atoms with Crippen LogP contribution in [0.15, 0.2) is 47.4 Å². The lowest BCUT2D eigenvalue weighted by molar-refractivity contribution is 0.0981. The molecule has 7 heteroatoms. The highest BCUT2D eigenvalue weighted by Crippen LogP contribution is 2.24. The number of hydrogen-bond acceptors (Lipinski definition) is 3. The Morgan fingerprint density at radius 1 is 1.16 bits per heavy atom. The molecule has 25 heavy (non-hydrogen) atoms. The largest absolute Gasteiger partial charge is 0.358 e. The van der Waals surface area contributed by atoms with Crippen LogP contribution >= 0.6 is 11.6 Å². The van der Waals surface area contributed by atoms with E-state index in [4.69, 9.17) is 11.6 Å². The van der Waals surface area contributed by atoms with Gasteiger partial charge in [0.1, 0.15) is 0 Å². The van der Waals surface area contributed by atoms with E-state index >= 15 is 0 Å². The Morgan fingerprint density at radius 2 is 1.84 bits per heavy atom. The monoisotopic (exact) mass is 376 g/mol. The number of aromatic nitrogens is 1. The topological polar surface area (TPSA) is 79.0 Å². The average Bonchev–Trinajstić information content (AvgIpc) is 2.88. The number of fused-ring (bicyclic) bond motifs is 1. The molecule has 2 N–H and O–H groups in total. The normalized spacial score (nSPS) is 11.6. The summed E-state index contributed by atoms with van der Waals surface area (Å²) in [6, 6.07) is 10.7. The van der Waals surface area contributed by atoms with Crippen molar-refractivity contribution < 1.29 is 13.2 Å². The summed E-state index contributed by atoms with van der Waals surface area (Å²) in [5.74, 6) is -0.669. The zero-order chi connectivity index (χ0) is 18.2. The van der Waals surface area contributed by atoms with Crippen molar-refractivity contribution in [2.24, 2.45) is 0 Å². The maximum Gasteiger partial charge on any atom is 0.265 e. The molecule has 1 amide bonds. The third-order valence-corrected chi connectivity index (χ3v) is 5.69. The van der Waals surface area contributed by atoms with Crippen molar-refractivity contribution in [3.8, 4) is 0 Å². The van der Waals surface area contributed by atoms with Gasteiger partial charge in [0.15, 0.2) is 0 Å². The van der Waals surface area contributed by atoms with Gasteiger partial charge in [-0.05, 0) is 61.4 Å². The van der Waals surface area contributed by atoms with Gasteiger partial charge in [0.2, 0.25) is 0 Å². The Hall–Kier alpha value is -2.31. The predicted molar refractivity (Wildman–Crippen MR) is 98.5 cm³/mol. The van der Waals surface area contributed by atoms with E-state index in [-0.39, 0.29) is 4.90 Å². The summed E-state index contributed by atoms with van der Waals surface area (Å²) in [6.07, 6.45) is 0.819. The maximum absolute atomic E-state index is 12.4. The van der Waals surface area contributed by atoms with Gasteiger partial charge in [-0.1, -0.05) is 18.5 Å². The summed E-state index contributed by atoms with van der Waals surface area (Å²) in [4.78, 5) is 15.7. The van der Waals surface area contributed by atoms with Crippen molar-refractivity contribution in [1.29, 1.82) is 0 Å². The molecule has 0 unspecified atom stereocenters. The lowest BCUT2D eigenvalue weighted by Crippen LogP contribution is -2.30. The van der Waals surface area contributed by atoms with Gasteiger partial charge in [-0.25, -0.2) is 13.1 Å². The summed E-state index contributed by atoms with van der Waals surface area (Å²) in [7, 11) is -3.95. The molecule has 0 bridgehead atoms. The molecule has 1 heterocycles. The zero-order valence-electron chi connectivity index (χ0n) is 13.8. The summed E-state index contributed by atoms with van der Waals surface area (Å²) >= 11 is 5.76. The van der Waals surface area contributed by atoms with Crippen LogP contribution in [0.2, 0.25) is 5.02 Å².